The fourth-order valence-electron chi connectivity index (χ4n) is 1.92. The zero-order chi connectivity index (χ0) is 13.7. The van der Waals surface area contributed by atoms with Gasteiger partial charge in [0.15, 0.2) is 0 Å². The highest BCUT2D eigenvalue weighted by Gasteiger charge is 2.07. The van der Waals surface area contributed by atoms with Gasteiger partial charge in [-0.15, -0.1) is 0 Å². The van der Waals surface area contributed by atoms with Gasteiger partial charge in [0.05, 0.1) is 12.2 Å². The van der Waals surface area contributed by atoms with Gasteiger partial charge in [-0.25, -0.2) is 4.79 Å². The van der Waals surface area contributed by atoms with Crippen LogP contribution in [0, 0.1) is 0 Å². The molecule has 0 saturated carbocycles. The lowest BCUT2D eigenvalue weighted by molar-refractivity contribution is 0.0526. The van der Waals surface area contributed by atoms with E-state index < -0.39 is 0 Å². The highest BCUT2D eigenvalue weighted by atomic mass is 79.9. The van der Waals surface area contributed by atoms with Crippen molar-refractivity contribution in [3.8, 4) is 11.1 Å². The topological polar surface area (TPSA) is 26.3 Å². The second kappa shape index (κ2) is 6.53. The lowest BCUT2D eigenvalue weighted by atomic mass is 10.00. The Balaban J connectivity index is 2.30. The molecule has 2 nitrogen and oxygen atoms in total. The fourth-order valence-corrected chi connectivity index (χ4v) is 2.41. The minimum absolute atomic E-state index is 0.275. The molecule has 0 spiro atoms. The van der Waals surface area contributed by atoms with Gasteiger partial charge in [0, 0.05) is 5.33 Å². The van der Waals surface area contributed by atoms with Crippen LogP contribution in [0.1, 0.15) is 22.8 Å². The second-order valence-corrected chi connectivity index (χ2v) is 4.65. The number of alkyl halides is 1. The smallest absolute Gasteiger partial charge is 0.338 e. The Labute approximate surface area is 121 Å². The molecule has 19 heavy (non-hydrogen) atoms. The molecule has 2 aromatic carbocycles. The van der Waals surface area contributed by atoms with Crippen LogP contribution in [0.5, 0.6) is 0 Å². The molecule has 0 heterocycles. The maximum atomic E-state index is 11.6. The van der Waals surface area contributed by atoms with Crippen LogP contribution < -0.4 is 0 Å². The number of esters is 1. The molecule has 0 radical (unpaired) electrons. The summed E-state index contributed by atoms with van der Waals surface area (Å²) in [6, 6.07) is 15.7. The van der Waals surface area contributed by atoms with Gasteiger partial charge in [-0.3, -0.25) is 0 Å². The summed E-state index contributed by atoms with van der Waals surface area (Å²) in [7, 11) is 0. The minimum Gasteiger partial charge on any atom is -0.462 e. The molecule has 0 bridgehead atoms. The van der Waals surface area contributed by atoms with Crippen molar-refractivity contribution in [2.75, 3.05) is 6.61 Å². The predicted molar refractivity (Wildman–Crippen MR) is 80.5 cm³/mol. The Hall–Kier alpha value is -1.61. The molecule has 0 aliphatic carbocycles. The first kappa shape index (κ1) is 13.8. The molecule has 3 heteroatoms. The molecule has 0 unspecified atom stereocenters. The van der Waals surface area contributed by atoms with Gasteiger partial charge >= 0.3 is 5.97 Å². The second-order valence-electron chi connectivity index (χ2n) is 4.09. The molecule has 0 aliphatic heterocycles. The zero-order valence-electron chi connectivity index (χ0n) is 10.7. The maximum Gasteiger partial charge on any atom is 0.338 e. The SMILES string of the molecule is CCOC(=O)c1ccc(-c2ccccc2CBr)cc1. The first-order valence-electron chi connectivity index (χ1n) is 6.17. The Kier molecular flexibility index (Phi) is 4.74. The third-order valence-corrected chi connectivity index (χ3v) is 3.47. The van der Waals surface area contributed by atoms with Crippen LogP contribution in [0.15, 0.2) is 48.5 Å². The number of rotatable bonds is 4. The summed E-state index contributed by atoms with van der Waals surface area (Å²) in [4.78, 5) is 11.6. The van der Waals surface area contributed by atoms with Gasteiger partial charge in [-0.05, 0) is 35.7 Å². The van der Waals surface area contributed by atoms with Crippen molar-refractivity contribution in [3.63, 3.8) is 0 Å². The number of hydrogen-bond donors (Lipinski definition) is 0. The van der Waals surface area contributed by atoms with Crippen LogP contribution >= 0.6 is 15.9 Å². The van der Waals surface area contributed by atoms with E-state index in [9.17, 15) is 4.79 Å². The molecule has 98 valence electrons. The molecule has 0 aromatic heterocycles. The number of ether oxygens (including phenoxy) is 1. The van der Waals surface area contributed by atoms with Gasteiger partial charge in [-0.1, -0.05) is 52.3 Å². The van der Waals surface area contributed by atoms with E-state index in [0.29, 0.717) is 12.2 Å². The average Bonchev–Trinajstić information content (AvgIpc) is 2.47. The van der Waals surface area contributed by atoms with Crippen molar-refractivity contribution in [1.29, 1.82) is 0 Å². The fraction of sp³-hybridized carbons (Fsp3) is 0.188. The van der Waals surface area contributed by atoms with Gasteiger partial charge in [0.2, 0.25) is 0 Å². The molecule has 0 saturated heterocycles. The van der Waals surface area contributed by atoms with E-state index in [0.717, 1.165) is 10.9 Å². The highest BCUT2D eigenvalue weighted by molar-refractivity contribution is 9.08. The normalized spacial score (nSPS) is 10.2. The van der Waals surface area contributed by atoms with E-state index in [1.54, 1.807) is 19.1 Å². The van der Waals surface area contributed by atoms with Crippen molar-refractivity contribution in [2.24, 2.45) is 0 Å². The third-order valence-electron chi connectivity index (χ3n) is 2.87. The summed E-state index contributed by atoms with van der Waals surface area (Å²) >= 11 is 3.49. The first-order valence-corrected chi connectivity index (χ1v) is 7.30. The maximum absolute atomic E-state index is 11.6. The lowest BCUT2D eigenvalue weighted by Gasteiger charge is -2.08. The third kappa shape index (κ3) is 3.24. The van der Waals surface area contributed by atoms with Crippen LogP contribution in [0.4, 0.5) is 0 Å². The van der Waals surface area contributed by atoms with Crippen molar-refractivity contribution >= 4 is 21.9 Å². The number of halogens is 1. The van der Waals surface area contributed by atoms with E-state index in [4.69, 9.17) is 4.74 Å². The van der Waals surface area contributed by atoms with Crippen LogP contribution in [-0.2, 0) is 10.1 Å². The number of benzene rings is 2. The molecular weight excluding hydrogens is 304 g/mol. The number of carbonyl (C=O) groups is 1. The largest absolute Gasteiger partial charge is 0.462 e. The summed E-state index contributed by atoms with van der Waals surface area (Å²) in [5.74, 6) is -0.275. The number of hydrogen-bond acceptors (Lipinski definition) is 2. The Bertz CT molecular complexity index is 561. The van der Waals surface area contributed by atoms with E-state index in [1.165, 1.54) is 11.1 Å². The summed E-state index contributed by atoms with van der Waals surface area (Å²) in [5.41, 5.74) is 4.09. The Morgan fingerprint density at radius 2 is 1.79 bits per heavy atom. The molecular formula is C16H15BrO2. The average molecular weight is 319 g/mol. The van der Waals surface area contributed by atoms with Crippen LogP contribution in [-0.4, -0.2) is 12.6 Å². The Morgan fingerprint density at radius 3 is 2.42 bits per heavy atom. The van der Waals surface area contributed by atoms with Gasteiger partial charge < -0.3 is 4.74 Å². The Morgan fingerprint density at radius 1 is 1.11 bits per heavy atom. The molecule has 0 fully saturated rings. The van der Waals surface area contributed by atoms with Gasteiger partial charge in [0.1, 0.15) is 0 Å². The van der Waals surface area contributed by atoms with Crippen molar-refractivity contribution < 1.29 is 9.53 Å². The van der Waals surface area contributed by atoms with Crippen molar-refractivity contribution in [3.05, 3.63) is 59.7 Å². The van der Waals surface area contributed by atoms with E-state index >= 15 is 0 Å². The highest BCUT2D eigenvalue weighted by Crippen LogP contribution is 2.25. The monoisotopic (exact) mass is 318 g/mol. The zero-order valence-corrected chi connectivity index (χ0v) is 12.3. The summed E-state index contributed by atoms with van der Waals surface area (Å²) in [6.07, 6.45) is 0. The van der Waals surface area contributed by atoms with Crippen molar-refractivity contribution in [2.45, 2.75) is 12.3 Å². The quantitative estimate of drug-likeness (QED) is 0.616. The van der Waals surface area contributed by atoms with Crippen LogP contribution in [0.25, 0.3) is 11.1 Å². The molecule has 2 rings (SSSR count). The van der Waals surface area contributed by atoms with Crippen molar-refractivity contribution in [1.82, 2.24) is 0 Å². The lowest BCUT2D eigenvalue weighted by Crippen LogP contribution is -2.04. The van der Waals surface area contributed by atoms with Crippen LogP contribution in [0.2, 0.25) is 0 Å². The molecule has 2 aromatic rings. The molecule has 0 atom stereocenters. The molecule has 0 amide bonds. The predicted octanol–water partition coefficient (Wildman–Crippen LogP) is 4.43. The molecule has 0 aliphatic rings. The van der Waals surface area contributed by atoms with E-state index in [1.807, 2.05) is 24.3 Å². The standard InChI is InChI=1S/C16H15BrO2/c1-2-19-16(18)13-9-7-12(8-10-13)15-6-4-3-5-14(15)11-17/h3-10H,2,11H2,1H3. The van der Waals surface area contributed by atoms with E-state index in [-0.39, 0.29) is 5.97 Å². The summed E-state index contributed by atoms with van der Waals surface area (Å²) in [6.45, 7) is 2.20. The van der Waals surface area contributed by atoms with E-state index in [2.05, 4.69) is 28.1 Å². The minimum atomic E-state index is -0.275. The molecule has 0 N–H and O–H groups in total. The summed E-state index contributed by atoms with van der Waals surface area (Å²) in [5, 5.41) is 0.808. The first-order chi connectivity index (χ1) is 9.26. The van der Waals surface area contributed by atoms with Gasteiger partial charge in [-0.2, -0.15) is 0 Å². The van der Waals surface area contributed by atoms with Crippen LogP contribution in [0.3, 0.4) is 0 Å². The number of carbonyl (C=O) groups excluding carboxylic acids is 1. The van der Waals surface area contributed by atoms with Gasteiger partial charge in [0.25, 0.3) is 0 Å². The summed E-state index contributed by atoms with van der Waals surface area (Å²) < 4.78 is 4.97.